The van der Waals surface area contributed by atoms with Crippen LogP contribution in [0.15, 0.2) is 78.9 Å². The van der Waals surface area contributed by atoms with Gasteiger partial charge in [0, 0.05) is 28.2 Å². The molecule has 3 nitrogen and oxygen atoms in total. The zero-order valence-electron chi connectivity index (χ0n) is 13.4. The molecule has 0 atom stereocenters. The Hall–Kier alpha value is -3.20. The van der Waals surface area contributed by atoms with Crippen LogP contribution in [0.1, 0.15) is 0 Å². The van der Waals surface area contributed by atoms with Gasteiger partial charge in [-0.15, -0.1) is 0 Å². The van der Waals surface area contributed by atoms with Crippen molar-refractivity contribution in [1.29, 1.82) is 0 Å². The standard InChI is InChI=1S/C21H18N2O/c1-24-17-11-7-10-16(14-17)22-21-18-12-5-6-13-19(18)23-20(21)15-8-3-2-4-9-15/h2-14,22-23H,1H3. The summed E-state index contributed by atoms with van der Waals surface area (Å²) >= 11 is 0. The molecule has 118 valence electrons. The van der Waals surface area contributed by atoms with Crippen molar-refractivity contribution in [2.75, 3.05) is 12.4 Å². The van der Waals surface area contributed by atoms with Crippen molar-refractivity contribution >= 4 is 22.3 Å². The van der Waals surface area contributed by atoms with E-state index in [1.807, 2.05) is 36.4 Å². The van der Waals surface area contributed by atoms with Crippen LogP contribution in [0.4, 0.5) is 11.4 Å². The lowest BCUT2D eigenvalue weighted by atomic mass is 10.1. The topological polar surface area (TPSA) is 37.0 Å². The first-order chi connectivity index (χ1) is 11.8. The molecule has 2 N–H and O–H groups in total. The van der Waals surface area contributed by atoms with Gasteiger partial charge in [-0.05, 0) is 18.2 Å². The SMILES string of the molecule is COc1cccc(Nc2c(-c3ccccc3)[nH]c3ccccc23)c1. The molecule has 0 bridgehead atoms. The fourth-order valence-corrected chi connectivity index (χ4v) is 2.94. The number of hydrogen-bond acceptors (Lipinski definition) is 2. The lowest BCUT2D eigenvalue weighted by molar-refractivity contribution is 0.415. The van der Waals surface area contributed by atoms with Crippen LogP contribution in [0.5, 0.6) is 5.75 Å². The van der Waals surface area contributed by atoms with Crippen LogP contribution in [0.25, 0.3) is 22.2 Å². The molecular formula is C21H18N2O. The van der Waals surface area contributed by atoms with Gasteiger partial charge in [-0.2, -0.15) is 0 Å². The quantitative estimate of drug-likeness (QED) is 0.515. The molecule has 0 saturated carbocycles. The van der Waals surface area contributed by atoms with Crippen LogP contribution in [0.3, 0.4) is 0 Å². The number of rotatable bonds is 4. The van der Waals surface area contributed by atoms with Crippen molar-refractivity contribution in [3.63, 3.8) is 0 Å². The maximum Gasteiger partial charge on any atom is 0.120 e. The first-order valence-corrected chi connectivity index (χ1v) is 7.92. The molecule has 1 aromatic heterocycles. The minimum Gasteiger partial charge on any atom is -0.497 e. The second kappa shape index (κ2) is 6.13. The first-order valence-electron chi connectivity index (χ1n) is 7.92. The second-order valence-electron chi connectivity index (χ2n) is 5.64. The number of hydrogen-bond donors (Lipinski definition) is 2. The van der Waals surface area contributed by atoms with Crippen molar-refractivity contribution in [2.24, 2.45) is 0 Å². The van der Waals surface area contributed by atoms with Crippen molar-refractivity contribution in [2.45, 2.75) is 0 Å². The molecule has 0 aliphatic rings. The van der Waals surface area contributed by atoms with Crippen LogP contribution in [0, 0.1) is 0 Å². The molecule has 0 spiro atoms. The van der Waals surface area contributed by atoms with E-state index >= 15 is 0 Å². The Morgan fingerprint density at radius 2 is 1.62 bits per heavy atom. The molecule has 0 amide bonds. The molecule has 4 aromatic rings. The Morgan fingerprint density at radius 3 is 2.46 bits per heavy atom. The maximum atomic E-state index is 5.33. The van der Waals surface area contributed by atoms with E-state index in [2.05, 4.69) is 52.8 Å². The van der Waals surface area contributed by atoms with Crippen LogP contribution < -0.4 is 10.1 Å². The van der Waals surface area contributed by atoms with Crippen molar-refractivity contribution in [3.05, 3.63) is 78.9 Å². The Morgan fingerprint density at radius 1 is 0.833 bits per heavy atom. The fourth-order valence-electron chi connectivity index (χ4n) is 2.94. The zero-order chi connectivity index (χ0) is 16.4. The Kier molecular flexibility index (Phi) is 3.67. The predicted molar refractivity (Wildman–Crippen MR) is 100 cm³/mol. The van der Waals surface area contributed by atoms with E-state index in [0.717, 1.165) is 33.9 Å². The van der Waals surface area contributed by atoms with E-state index in [4.69, 9.17) is 4.74 Å². The van der Waals surface area contributed by atoms with Crippen LogP contribution >= 0.6 is 0 Å². The summed E-state index contributed by atoms with van der Waals surface area (Å²) in [5.74, 6) is 0.834. The van der Waals surface area contributed by atoms with Gasteiger partial charge in [-0.1, -0.05) is 54.6 Å². The van der Waals surface area contributed by atoms with E-state index in [1.165, 1.54) is 5.39 Å². The summed E-state index contributed by atoms with van der Waals surface area (Å²) in [4.78, 5) is 3.54. The van der Waals surface area contributed by atoms with Gasteiger partial charge in [0.1, 0.15) is 5.75 Å². The van der Waals surface area contributed by atoms with E-state index < -0.39 is 0 Å². The number of aromatic amines is 1. The molecule has 0 aliphatic heterocycles. The number of methoxy groups -OCH3 is 1. The second-order valence-corrected chi connectivity index (χ2v) is 5.64. The monoisotopic (exact) mass is 314 g/mol. The van der Waals surface area contributed by atoms with Gasteiger partial charge in [0.2, 0.25) is 0 Å². The van der Waals surface area contributed by atoms with E-state index in [-0.39, 0.29) is 0 Å². The number of benzene rings is 3. The fraction of sp³-hybridized carbons (Fsp3) is 0.0476. The third kappa shape index (κ3) is 2.61. The van der Waals surface area contributed by atoms with Crippen molar-refractivity contribution in [1.82, 2.24) is 4.98 Å². The third-order valence-electron chi connectivity index (χ3n) is 4.11. The lowest BCUT2D eigenvalue weighted by Gasteiger charge is -2.10. The average molecular weight is 314 g/mol. The lowest BCUT2D eigenvalue weighted by Crippen LogP contribution is -1.93. The normalized spacial score (nSPS) is 10.7. The van der Waals surface area contributed by atoms with E-state index in [0.29, 0.717) is 0 Å². The summed E-state index contributed by atoms with van der Waals surface area (Å²) in [6.45, 7) is 0. The Labute approximate surface area is 140 Å². The summed E-state index contributed by atoms with van der Waals surface area (Å²) in [7, 11) is 1.68. The molecule has 3 heteroatoms. The van der Waals surface area contributed by atoms with Gasteiger partial charge in [0.25, 0.3) is 0 Å². The van der Waals surface area contributed by atoms with Gasteiger partial charge in [0.05, 0.1) is 18.5 Å². The molecule has 0 saturated heterocycles. The number of para-hydroxylation sites is 1. The molecule has 3 aromatic carbocycles. The number of aromatic nitrogens is 1. The molecule has 0 radical (unpaired) electrons. The number of nitrogens with one attached hydrogen (secondary N) is 2. The Balaban J connectivity index is 1.86. The summed E-state index contributed by atoms with van der Waals surface area (Å²) in [5.41, 5.74) is 5.42. The molecule has 24 heavy (non-hydrogen) atoms. The molecule has 0 unspecified atom stereocenters. The summed E-state index contributed by atoms with van der Waals surface area (Å²) in [5, 5.41) is 4.72. The van der Waals surface area contributed by atoms with Gasteiger partial charge >= 0.3 is 0 Å². The molecule has 1 heterocycles. The molecular weight excluding hydrogens is 296 g/mol. The van der Waals surface area contributed by atoms with E-state index in [9.17, 15) is 0 Å². The van der Waals surface area contributed by atoms with Gasteiger partial charge in [0.15, 0.2) is 0 Å². The molecule has 4 rings (SSSR count). The van der Waals surface area contributed by atoms with Crippen LogP contribution in [-0.2, 0) is 0 Å². The van der Waals surface area contributed by atoms with E-state index in [1.54, 1.807) is 7.11 Å². The first kappa shape index (κ1) is 14.4. The third-order valence-corrected chi connectivity index (χ3v) is 4.11. The minimum absolute atomic E-state index is 0.834. The highest BCUT2D eigenvalue weighted by Gasteiger charge is 2.13. The Bertz CT molecular complexity index is 973. The number of anilines is 2. The highest BCUT2D eigenvalue weighted by atomic mass is 16.5. The van der Waals surface area contributed by atoms with Gasteiger partial charge in [-0.25, -0.2) is 0 Å². The maximum absolute atomic E-state index is 5.33. The summed E-state index contributed by atoms with van der Waals surface area (Å²) < 4.78 is 5.33. The van der Waals surface area contributed by atoms with Crippen molar-refractivity contribution < 1.29 is 4.74 Å². The van der Waals surface area contributed by atoms with Crippen LogP contribution in [0.2, 0.25) is 0 Å². The van der Waals surface area contributed by atoms with Gasteiger partial charge < -0.3 is 15.0 Å². The summed E-state index contributed by atoms with van der Waals surface area (Å²) in [6, 6.07) is 26.6. The van der Waals surface area contributed by atoms with Gasteiger partial charge in [-0.3, -0.25) is 0 Å². The van der Waals surface area contributed by atoms with Crippen LogP contribution in [-0.4, -0.2) is 12.1 Å². The predicted octanol–water partition coefficient (Wildman–Crippen LogP) is 5.59. The summed E-state index contributed by atoms with van der Waals surface area (Å²) in [6.07, 6.45) is 0. The highest BCUT2D eigenvalue weighted by Crippen LogP contribution is 2.37. The zero-order valence-corrected chi connectivity index (χ0v) is 13.4. The minimum atomic E-state index is 0.834. The van der Waals surface area contributed by atoms with Crippen molar-refractivity contribution in [3.8, 4) is 17.0 Å². The number of ether oxygens (including phenoxy) is 1. The number of H-pyrrole nitrogens is 1. The number of fused-ring (bicyclic) bond motifs is 1. The average Bonchev–Trinajstić information content (AvgIpc) is 3.01. The largest absolute Gasteiger partial charge is 0.497 e. The highest BCUT2D eigenvalue weighted by molar-refractivity contribution is 6.02. The molecule has 0 aliphatic carbocycles. The smallest absolute Gasteiger partial charge is 0.120 e. The molecule has 0 fully saturated rings.